The summed E-state index contributed by atoms with van der Waals surface area (Å²) in [6.07, 6.45) is 9.45. The molecule has 17 heavy (non-hydrogen) atoms. The van der Waals surface area contributed by atoms with Crippen molar-refractivity contribution in [2.24, 2.45) is 0 Å². The average Bonchev–Trinajstić information content (AvgIpc) is 2.95. The van der Waals surface area contributed by atoms with E-state index in [0.29, 0.717) is 0 Å². The average molecular weight is 238 g/mol. The summed E-state index contributed by atoms with van der Waals surface area (Å²) in [6.45, 7) is 4.53. The van der Waals surface area contributed by atoms with Crippen LogP contribution in [-0.4, -0.2) is 49.3 Å². The van der Waals surface area contributed by atoms with Gasteiger partial charge in [-0.25, -0.2) is 0 Å². The van der Waals surface area contributed by atoms with E-state index in [1.807, 2.05) is 0 Å². The van der Waals surface area contributed by atoms with Crippen molar-refractivity contribution in [1.29, 1.82) is 0 Å². The van der Waals surface area contributed by atoms with Crippen molar-refractivity contribution >= 4 is 0 Å². The highest BCUT2D eigenvalue weighted by Crippen LogP contribution is 2.29. The lowest BCUT2D eigenvalue weighted by atomic mass is 10.0. The third kappa shape index (κ3) is 2.67. The van der Waals surface area contributed by atoms with Crippen LogP contribution in [0.15, 0.2) is 0 Å². The van der Waals surface area contributed by atoms with Gasteiger partial charge in [0.05, 0.1) is 0 Å². The third-order valence-electron chi connectivity index (χ3n) is 4.80. The molecular weight excluding hydrogens is 212 g/mol. The molecular formula is C14H26N2O. The van der Waals surface area contributed by atoms with E-state index in [-0.39, 0.29) is 0 Å². The molecule has 1 N–H and O–H groups in total. The molecule has 0 amide bonds. The number of hydrogen-bond donors (Lipinski definition) is 1. The summed E-state index contributed by atoms with van der Waals surface area (Å²) < 4.78 is 5.60. The van der Waals surface area contributed by atoms with E-state index < -0.39 is 0 Å². The lowest BCUT2D eigenvalue weighted by molar-refractivity contribution is 0.116. The van der Waals surface area contributed by atoms with Crippen LogP contribution in [0, 0.1) is 0 Å². The van der Waals surface area contributed by atoms with Gasteiger partial charge in [-0.3, -0.25) is 4.90 Å². The van der Waals surface area contributed by atoms with Crippen LogP contribution in [-0.2, 0) is 4.74 Å². The van der Waals surface area contributed by atoms with Crippen molar-refractivity contribution in [2.45, 2.75) is 63.1 Å². The zero-order valence-corrected chi connectivity index (χ0v) is 10.9. The maximum atomic E-state index is 5.60. The molecule has 98 valence electrons. The molecule has 0 aromatic carbocycles. The molecule has 3 unspecified atom stereocenters. The van der Waals surface area contributed by atoms with Crippen LogP contribution >= 0.6 is 0 Å². The number of likely N-dealkylation sites (tertiary alicyclic amines) is 1. The fourth-order valence-corrected chi connectivity index (χ4v) is 3.96. The number of ether oxygens (including phenoxy) is 1. The van der Waals surface area contributed by atoms with E-state index in [9.17, 15) is 0 Å². The molecule has 0 saturated carbocycles. The van der Waals surface area contributed by atoms with E-state index in [2.05, 4.69) is 10.2 Å². The molecule has 0 radical (unpaired) electrons. The second kappa shape index (κ2) is 5.68. The first-order valence-corrected chi connectivity index (χ1v) is 7.52. The Bertz CT molecular complexity index is 232. The zero-order chi connectivity index (χ0) is 11.5. The highest BCUT2D eigenvalue weighted by Gasteiger charge is 2.36. The van der Waals surface area contributed by atoms with E-state index in [4.69, 9.17) is 4.74 Å². The second-order valence-electron chi connectivity index (χ2n) is 5.85. The summed E-state index contributed by atoms with van der Waals surface area (Å²) in [5.41, 5.74) is 0. The van der Waals surface area contributed by atoms with Gasteiger partial charge in [-0.15, -0.1) is 0 Å². The quantitative estimate of drug-likeness (QED) is 0.793. The van der Waals surface area contributed by atoms with Gasteiger partial charge in [0.2, 0.25) is 0 Å². The minimum absolute atomic E-state index is 0.779. The van der Waals surface area contributed by atoms with Crippen LogP contribution < -0.4 is 5.32 Å². The summed E-state index contributed by atoms with van der Waals surface area (Å²) >= 11 is 0. The Hall–Kier alpha value is -0.120. The molecule has 0 aliphatic carbocycles. The van der Waals surface area contributed by atoms with Crippen LogP contribution in [0.2, 0.25) is 0 Å². The van der Waals surface area contributed by atoms with Crippen LogP contribution in [0.4, 0.5) is 0 Å². The molecule has 0 aromatic rings. The van der Waals surface area contributed by atoms with Gasteiger partial charge >= 0.3 is 0 Å². The Morgan fingerprint density at radius 1 is 0.941 bits per heavy atom. The molecule has 3 nitrogen and oxygen atoms in total. The van der Waals surface area contributed by atoms with Gasteiger partial charge in [0.25, 0.3) is 0 Å². The normalized spacial score (nSPS) is 40.6. The Morgan fingerprint density at radius 3 is 2.82 bits per heavy atom. The van der Waals surface area contributed by atoms with Gasteiger partial charge in [0, 0.05) is 31.3 Å². The van der Waals surface area contributed by atoms with Crippen molar-refractivity contribution in [1.82, 2.24) is 10.2 Å². The van der Waals surface area contributed by atoms with Crippen molar-refractivity contribution < 1.29 is 4.74 Å². The highest BCUT2D eigenvalue weighted by atomic mass is 16.5. The van der Waals surface area contributed by atoms with Gasteiger partial charge in [-0.1, -0.05) is 0 Å². The maximum Gasteiger partial charge on any atom is 0.0480 e. The fraction of sp³-hybridized carbons (Fsp3) is 1.00. The predicted molar refractivity (Wildman–Crippen MR) is 69.2 cm³/mol. The molecule has 0 bridgehead atoms. The van der Waals surface area contributed by atoms with E-state index in [1.165, 1.54) is 58.0 Å². The Morgan fingerprint density at radius 2 is 1.94 bits per heavy atom. The highest BCUT2D eigenvalue weighted by molar-refractivity contribution is 4.94. The Balaban J connectivity index is 1.63. The summed E-state index contributed by atoms with van der Waals surface area (Å²) in [6, 6.07) is 2.40. The molecule has 3 atom stereocenters. The molecule has 3 heterocycles. The number of nitrogens with zero attached hydrogens (tertiary/aromatic N) is 1. The van der Waals surface area contributed by atoms with Crippen molar-refractivity contribution in [2.75, 3.05) is 26.3 Å². The fourth-order valence-electron chi connectivity index (χ4n) is 3.96. The first kappa shape index (κ1) is 11.9. The lowest BCUT2D eigenvalue weighted by Gasteiger charge is -2.35. The number of nitrogens with one attached hydrogen (secondary N) is 1. The van der Waals surface area contributed by atoms with Gasteiger partial charge in [-0.2, -0.15) is 0 Å². The largest absolute Gasteiger partial charge is 0.381 e. The molecule has 3 heteroatoms. The first-order chi connectivity index (χ1) is 8.45. The SMILES string of the molecule is C1CNC(C2CCCN2C2CCCOCC2)C1. The van der Waals surface area contributed by atoms with Crippen LogP contribution in [0.5, 0.6) is 0 Å². The zero-order valence-electron chi connectivity index (χ0n) is 10.9. The lowest BCUT2D eigenvalue weighted by Crippen LogP contribution is -2.48. The second-order valence-corrected chi connectivity index (χ2v) is 5.85. The first-order valence-electron chi connectivity index (χ1n) is 7.52. The van der Waals surface area contributed by atoms with E-state index in [1.54, 1.807) is 0 Å². The Kier molecular flexibility index (Phi) is 3.99. The summed E-state index contributed by atoms with van der Waals surface area (Å²) in [4.78, 5) is 2.82. The van der Waals surface area contributed by atoms with E-state index >= 15 is 0 Å². The summed E-state index contributed by atoms with van der Waals surface area (Å²) in [5, 5.41) is 3.71. The minimum atomic E-state index is 0.779. The van der Waals surface area contributed by atoms with Crippen molar-refractivity contribution in [3.63, 3.8) is 0 Å². The van der Waals surface area contributed by atoms with Gasteiger partial charge < -0.3 is 10.1 Å². The van der Waals surface area contributed by atoms with Gasteiger partial charge in [-0.05, 0) is 58.0 Å². The van der Waals surface area contributed by atoms with Crippen LogP contribution in [0.1, 0.15) is 44.9 Å². The van der Waals surface area contributed by atoms with E-state index in [0.717, 1.165) is 31.3 Å². The molecule has 3 aliphatic rings. The monoisotopic (exact) mass is 238 g/mol. The smallest absolute Gasteiger partial charge is 0.0480 e. The number of hydrogen-bond acceptors (Lipinski definition) is 3. The van der Waals surface area contributed by atoms with Crippen molar-refractivity contribution in [3.8, 4) is 0 Å². The minimum Gasteiger partial charge on any atom is -0.381 e. The maximum absolute atomic E-state index is 5.60. The standard InChI is InChI=1S/C14H26N2O/c1-5-13(15-8-1)14-6-2-9-16(14)12-4-3-10-17-11-7-12/h12-15H,1-11H2. The molecule has 0 aromatic heterocycles. The molecule has 3 rings (SSSR count). The topological polar surface area (TPSA) is 24.5 Å². The molecule has 3 aliphatic heterocycles. The molecule has 3 saturated heterocycles. The molecule has 0 spiro atoms. The third-order valence-corrected chi connectivity index (χ3v) is 4.80. The van der Waals surface area contributed by atoms with Crippen LogP contribution in [0.3, 0.4) is 0 Å². The Labute approximate surface area is 105 Å². The number of rotatable bonds is 2. The van der Waals surface area contributed by atoms with Crippen molar-refractivity contribution in [3.05, 3.63) is 0 Å². The van der Waals surface area contributed by atoms with Gasteiger partial charge in [0.15, 0.2) is 0 Å². The van der Waals surface area contributed by atoms with Gasteiger partial charge in [0.1, 0.15) is 0 Å². The summed E-state index contributed by atoms with van der Waals surface area (Å²) in [7, 11) is 0. The summed E-state index contributed by atoms with van der Waals surface area (Å²) in [5.74, 6) is 0. The predicted octanol–water partition coefficient (Wildman–Crippen LogP) is 1.77. The van der Waals surface area contributed by atoms with Crippen LogP contribution in [0.25, 0.3) is 0 Å². The molecule has 3 fully saturated rings.